The van der Waals surface area contributed by atoms with Crippen molar-refractivity contribution in [3.05, 3.63) is 0 Å². The van der Waals surface area contributed by atoms with Gasteiger partial charge in [0.25, 0.3) is 0 Å². The van der Waals surface area contributed by atoms with Gasteiger partial charge in [0.2, 0.25) is 0 Å². The van der Waals surface area contributed by atoms with E-state index in [1.807, 2.05) is 0 Å². The van der Waals surface area contributed by atoms with Crippen molar-refractivity contribution in [1.82, 2.24) is 9.80 Å². The number of rotatable bonds is 5. The molecule has 0 aliphatic carbocycles. The van der Waals surface area contributed by atoms with Crippen molar-refractivity contribution in [2.75, 3.05) is 32.7 Å². The highest BCUT2D eigenvalue weighted by molar-refractivity contribution is 4.92. The molecule has 92 valence electrons. The molecule has 0 aromatic heterocycles. The molecule has 3 nitrogen and oxygen atoms in total. The molecule has 0 aromatic rings. The lowest BCUT2D eigenvalue weighted by atomic mass is 10.1. The average molecular weight is 223 g/mol. The summed E-state index contributed by atoms with van der Waals surface area (Å²) in [5.74, 6) is 0.796. The number of piperazine rings is 1. The smallest absolute Gasteiger partial charge is 0.0976 e. The van der Waals surface area contributed by atoms with Crippen molar-refractivity contribution in [1.29, 1.82) is 5.26 Å². The van der Waals surface area contributed by atoms with Gasteiger partial charge in [0.15, 0.2) is 0 Å². The molecule has 1 aliphatic heterocycles. The number of nitriles is 1. The summed E-state index contributed by atoms with van der Waals surface area (Å²) in [6.07, 6.45) is 2.21. The van der Waals surface area contributed by atoms with Gasteiger partial charge in [-0.25, -0.2) is 0 Å². The van der Waals surface area contributed by atoms with E-state index >= 15 is 0 Å². The van der Waals surface area contributed by atoms with E-state index in [4.69, 9.17) is 5.26 Å². The van der Waals surface area contributed by atoms with Gasteiger partial charge in [-0.15, -0.1) is 0 Å². The maximum atomic E-state index is 9.02. The molecule has 3 heteroatoms. The zero-order valence-electron chi connectivity index (χ0n) is 10.9. The maximum Gasteiger partial charge on any atom is 0.0976 e. The Morgan fingerprint density at radius 1 is 1.12 bits per heavy atom. The Morgan fingerprint density at radius 3 is 2.19 bits per heavy atom. The lowest BCUT2D eigenvalue weighted by Crippen LogP contribution is -2.50. The zero-order valence-corrected chi connectivity index (χ0v) is 10.9. The predicted octanol–water partition coefficient (Wildman–Crippen LogP) is 1.95. The second-order valence-corrected chi connectivity index (χ2v) is 4.90. The second kappa shape index (κ2) is 6.88. The average Bonchev–Trinajstić information content (AvgIpc) is 2.32. The third-order valence-corrected chi connectivity index (χ3v) is 3.65. The van der Waals surface area contributed by atoms with E-state index in [1.165, 1.54) is 13.0 Å². The topological polar surface area (TPSA) is 30.3 Å². The van der Waals surface area contributed by atoms with Crippen LogP contribution in [0.4, 0.5) is 0 Å². The van der Waals surface area contributed by atoms with Crippen molar-refractivity contribution >= 4 is 0 Å². The first-order chi connectivity index (χ1) is 7.71. The minimum absolute atomic E-state index is 0.130. The fourth-order valence-electron chi connectivity index (χ4n) is 2.26. The third kappa shape index (κ3) is 3.77. The molecule has 0 amide bonds. The molecule has 2 unspecified atom stereocenters. The van der Waals surface area contributed by atoms with Gasteiger partial charge in [-0.2, -0.15) is 5.26 Å². The molecule has 0 N–H and O–H groups in total. The Hall–Kier alpha value is -0.590. The first-order valence-electron chi connectivity index (χ1n) is 6.57. The first kappa shape index (κ1) is 13.5. The summed E-state index contributed by atoms with van der Waals surface area (Å²) in [6, 6.07) is 2.53. The fourth-order valence-corrected chi connectivity index (χ4v) is 2.26. The molecule has 2 atom stereocenters. The van der Waals surface area contributed by atoms with Gasteiger partial charge in [-0.3, -0.25) is 4.90 Å². The summed E-state index contributed by atoms with van der Waals surface area (Å²) in [4.78, 5) is 4.86. The van der Waals surface area contributed by atoms with Crippen LogP contribution in [0.3, 0.4) is 0 Å². The summed E-state index contributed by atoms with van der Waals surface area (Å²) in [7, 11) is 0. The van der Waals surface area contributed by atoms with Crippen LogP contribution in [-0.2, 0) is 0 Å². The summed E-state index contributed by atoms with van der Waals surface area (Å²) in [6.45, 7) is 12.3. The largest absolute Gasteiger partial charge is 0.301 e. The Kier molecular flexibility index (Phi) is 5.79. The minimum atomic E-state index is 0.130. The van der Waals surface area contributed by atoms with Crippen molar-refractivity contribution in [2.45, 2.75) is 39.7 Å². The van der Waals surface area contributed by atoms with E-state index in [-0.39, 0.29) is 6.04 Å². The summed E-state index contributed by atoms with van der Waals surface area (Å²) < 4.78 is 0. The Balaban J connectivity index is 2.31. The molecule has 1 heterocycles. The van der Waals surface area contributed by atoms with E-state index in [0.29, 0.717) is 0 Å². The van der Waals surface area contributed by atoms with Crippen LogP contribution in [0.25, 0.3) is 0 Å². The van der Waals surface area contributed by atoms with Crippen LogP contribution in [0.5, 0.6) is 0 Å². The maximum absolute atomic E-state index is 9.02. The number of hydrogen-bond donors (Lipinski definition) is 0. The van der Waals surface area contributed by atoms with Crippen molar-refractivity contribution in [3.8, 4) is 6.07 Å². The van der Waals surface area contributed by atoms with Crippen LogP contribution in [-0.4, -0.2) is 48.6 Å². The van der Waals surface area contributed by atoms with Gasteiger partial charge >= 0.3 is 0 Å². The lowest BCUT2D eigenvalue weighted by molar-refractivity contribution is 0.102. The van der Waals surface area contributed by atoms with Gasteiger partial charge in [0.05, 0.1) is 12.1 Å². The Labute approximate surface area is 100 Å². The summed E-state index contributed by atoms with van der Waals surface area (Å²) in [5.41, 5.74) is 0. The fraction of sp³-hybridized carbons (Fsp3) is 0.923. The zero-order chi connectivity index (χ0) is 12.0. The third-order valence-electron chi connectivity index (χ3n) is 3.65. The lowest BCUT2D eigenvalue weighted by Gasteiger charge is -2.37. The van der Waals surface area contributed by atoms with Gasteiger partial charge in [0.1, 0.15) is 0 Å². The molecule has 0 aromatic carbocycles. The molecule has 0 bridgehead atoms. The molecule has 1 rings (SSSR count). The summed E-state index contributed by atoms with van der Waals surface area (Å²) in [5, 5.41) is 9.02. The van der Waals surface area contributed by atoms with Crippen molar-refractivity contribution < 1.29 is 0 Å². The molecule has 0 saturated carbocycles. The van der Waals surface area contributed by atoms with E-state index in [9.17, 15) is 0 Å². The van der Waals surface area contributed by atoms with Gasteiger partial charge < -0.3 is 4.90 Å². The van der Waals surface area contributed by atoms with Gasteiger partial charge in [-0.05, 0) is 12.3 Å². The Bertz CT molecular complexity index is 226. The second-order valence-electron chi connectivity index (χ2n) is 4.90. The van der Waals surface area contributed by atoms with Crippen LogP contribution < -0.4 is 0 Å². The molecule has 0 radical (unpaired) electrons. The van der Waals surface area contributed by atoms with E-state index in [1.54, 1.807) is 0 Å². The van der Waals surface area contributed by atoms with E-state index in [2.05, 4.69) is 36.6 Å². The minimum Gasteiger partial charge on any atom is -0.301 e. The van der Waals surface area contributed by atoms with E-state index in [0.717, 1.165) is 38.5 Å². The number of hydrogen-bond acceptors (Lipinski definition) is 3. The normalized spacial score (nSPS) is 22.6. The van der Waals surface area contributed by atoms with Crippen LogP contribution in [0.1, 0.15) is 33.6 Å². The van der Waals surface area contributed by atoms with Crippen LogP contribution >= 0.6 is 0 Å². The van der Waals surface area contributed by atoms with Crippen LogP contribution in [0.2, 0.25) is 0 Å². The first-order valence-corrected chi connectivity index (χ1v) is 6.57. The van der Waals surface area contributed by atoms with Crippen LogP contribution in [0.15, 0.2) is 0 Å². The molecule has 1 fully saturated rings. The molecular formula is C13H25N3. The SMILES string of the molecule is CCC(C)CN1CCN(C(C#N)CC)CC1. The van der Waals surface area contributed by atoms with Gasteiger partial charge in [-0.1, -0.05) is 27.2 Å². The number of nitrogens with zero attached hydrogens (tertiary/aromatic N) is 3. The van der Waals surface area contributed by atoms with Crippen molar-refractivity contribution in [2.24, 2.45) is 5.92 Å². The highest BCUT2D eigenvalue weighted by Gasteiger charge is 2.22. The highest BCUT2D eigenvalue weighted by atomic mass is 15.3. The standard InChI is InChI=1S/C13H25N3/c1-4-12(3)11-15-6-8-16(9-7-15)13(5-2)10-14/h12-13H,4-9,11H2,1-3H3. The predicted molar refractivity (Wildman–Crippen MR) is 67.2 cm³/mol. The monoisotopic (exact) mass is 223 g/mol. The molecular weight excluding hydrogens is 198 g/mol. The molecule has 16 heavy (non-hydrogen) atoms. The quantitative estimate of drug-likeness (QED) is 0.713. The van der Waals surface area contributed by atoms with E-state index < -0.39 is 0 Å². The van der Waals surface area contributed by atoms with Crippen molar-refractivity contribution in [3.63, 3.8) is 0 Å². The molecule has 0 spiro atoms. The summed E-state index contributed by atoms with van der Waals surface area (Å²) >= 11 is 0. The molecule has 1 aliphatic rings. The Morgan fingerprint density at radius 2 is 1.75 bits per heavy atom. The van der Waals surface area contributed by atoms with Gasteiger partial charge in [0, 0.05) is 32.7 Å². The highest BCUT2D eigenvalue weighted by Crippen LogP contribution is 2.11. The van der Waals surface area contributed by atoms with Crippen LogP contribution in [0, 0.1) is 17.2 Å². The molecule has 1 saturated heterocycles.